The van der Waals surface area contributed by atoms with Crippen molar-refractivity contribution in [2.24, 2.45) is 0 Å². The van der Waals surface area contributed by atoms with E-state index in [1.165, 1.54) is 5.56 Å². The monoisotopic (exact) mass is 584 g/mol. The first-order chi connectivity index (χ1) is 20.7. The molecule has 2 aliphatic rings. The van der Waals surface area contributed by atoms with Gasteiger partial charge in [0.25, 0.3) is 0 Å². The molecule has 0 bridgehead atoms. The summed E-state index contributed by atoms with van der Waals surface area (Å²) < 4.78 is 38.3. The topological polar surface area (TPSA) is 55.4 Å². The fourth-order valence-corrected chi connectivity index (χ4v) is 6.35. The molecule has 0 amide bonds. The molecule has 6 rings (SSSR count). The van der Waals surface area contributed by atoms with Crippen LogP contribution in [0.25, 0.3) is 0 Å². The fourth-order valence-electron chi connectivity index (χ4n) is 5.22. The van der Waals surface area contributed by atoms with E-state index >= 15 is 0 Å². The molecule has 6 nitrogen and oxygen atoms in total. The number of methoxy groups -OCH3 is 1. The Balaban J connectivity index is 1.30. The highest BCUT2D eigenvalue weighted by Gasteiger charge is 2.51. The van der Waals surface area contributed by atoms with Gasteiger partial charge in [-0.15, -0.1) is 0 Å². The van der Waals surface area contributed by atoms with E-state index in [0.717, 1.165) is 27.3 Å². The average molecular weight is 585 g/mol. The first-order valence-electron chi connectivity index (χ1n) is 14.3. The number of thioether (sulfide) groups is 1. The van der Waals surface area contributed by atoms with E-state index in [9.17, 15) is 0 Å². The van der Waals surface area contributed by atoms with Crippen molar-refractivity contribution < 1.29 is 28.4 Å². The van der Waals surface area contributed by atoms with Gasteiger partial charge < -0.3 is 28.4 Å². The van der Waals surface area contributed by atoms with Crippen LogP contribution in [0.3, 0.4) is 0 Å². The van der Waals surface area contributed by atoms with Gasteiger partial charge in [-0.05, 0) is 42.3 Å². The molecule has 2 fully saturated rings. The number of rotatable bonds is 10. The van der Waals surface area contributed by atoms with Crippen LogP contribution in [0.4, 0.5) is 0 Å². The highest BCUT2D eigenvalue weighted by atomic mass is 32.2. The van der Waals surface area contributed by atoms with E-state index in [1.807, 2.05) is 72.8 Å². The Morgan fingerprint density at radius 2 is 1.36 bits per heavy atom. The molecule has 0 spiro atoms. The maximum Gasteiger partial charge on any atom is 0.184 e. The van der Waals surface area contributed by atoms with Crippen molar-refractivity contribution in [2.75, 3.05) is 13.7 Å². The van der Waals surface area contributed by atoms with Gasteiger partial charge in [-0.2, -0.15) is 0 Å². The molecule has 2 saturated heterocycles. The van der Waals surface area contributed by atoms with Gasteiger partial charge in [0.05, 0.1) is 26.9 Å². The van der Waals surface area contributed by atoms with Crippen LogP contribution in [0.15, 0.2) is 114 Å². The van der Waals surface area contributed by atoms with Gasteiger partial charge in [-0.25, -0.2) is 0 Å². The quantitative estimate of drug-likeness (QED) is 0.197. The van der Waals surface area contributed by atoms with Gasteiger partial charge in [0, 0.05) is 10.5 Å². The van der Waals surface area contributed by atoms with Gasteiger partial charge in [0.2, 0.25) is 0 Å². The van der Waals surface area contributed by atoms with Crippen LogP contribution < -0.4 is 4.74 Å². The van der Waals surface area contributed by atoms with Gasteiger partial charge in [0.15, 0.2) is 6.29 Å². The molecule has 0 aliphatic carbocycles. The summed E-state index contributed by atoms with van der Waals surface area (Å²) in [5, 5.41) is 0. The maximum absolute atomic E-state index is 6.74. The van der Waals surface area contributed by atoms with Crippen LogP contribution in [0, 0.1) is 6.92 Å². The number of ether oxygens (including phenoxy) is 6. The smallest absolute Gasteiger partial charge is 0.184 e. The summed E-state index contributed by atoms with van der Waals surface area (Å²) in [6.07, 6.45) is -2.04. The van der Waals surface area contributed by atoms with Crippen LogP contribution in [0.5, 0.6) is 5.75 Å². The Kier molecular flexibility index (Phi) is 9.55. The summed E-state index contributed by atoms with van der Waals surface area (Å²) in [6.45, 7) is 3.30. The molecule has 0 unspecified atom stereocenters. The molecule has 0 saturated carbocycles. The van der Waals surface area contributed by atoms with Crippen molar-refractivity contribution in [1.82, 2.24) is 0 Å². The molecule has 2 aliphatic heterocycles. The van der Waals surface area contributed by atoms with E-state index in [2.05, 4.69) is 43.3 Å². The van der Waals surface area contributed by atoms with Crippen molar-refractivity contribution in [3.05, 3.63) is 131 Å². The number of aryl methyl sites for hydroxylation is 1. The largest absolute Gasteiger partial charge is 0.497 e. The Morgan fingerprint density at radius 1 is 0.714 bits per heavy atom. The molecule has 4 aromatic carbocycles. The third-order valence-electron chi connectivity index (χ3n) is 7.52. The highest BCUT2D eigenvalue weighted by molar-refractivity contribution is 7.99. The van der Waals surface area contributed by atoms with E-state index < -0.39 is 24.6 Å². The Labute approximate surface area is 251 Å². The minimum Gasteiger partial charge on any atom is -0.497 e. The van der Waals surface area contributed by atoms with Crippen molar-refractivity contribution in [2.45, 2.75) is 61.2 Å². The van der Waals surface area contributed by atoms with Crippen molar-refractivity contribution in [3.8, 4) is 5.75 Å². The van der Waals surface area contributed by atoms with Crippen LogP contribution in [-0.4, -0.2) is 43.6 Å². The predicted octanol–water partition coefficient (Wildman–Crippen LogP) is 7.11. The van der Waals surface area contributed by atoms with Crippen molar-refractivity contribution >= 4 is 11.8 Å². The minimum atomic E-state index is -0.515. The van der Waals surface area contributed by atoms with Gasteiger partial charge >= 0.3 is 0 Å². The molecule has 0 radical (unpaired) electrons. The van der Waals surface area contributed by atoms with E-state index in [1.54, 1.807) is 18.9 Å². The molecule has 4 aromatic rings. The van der Waals surface area contributed by atoms with E-state index in [-0.39, 0.29) is 11.5 Å². The second-order valence-electron chi connectivity index (χ2n) is 10.5. The Hall–Kier alpha value is -3.17. The Bertz CT molecular complexity index is 1380. The Morgan fingerprint density at radius 3 is 2.05 bits per heavy atom. The highest BCUT2D eigenvalue weighted by Crippen LogP contribution is 2.41. The van der Waals surface area contributed by atoms with Gasteiger partial charge in [0.1, 0.15) is 35.6 Å². The predicted molar refractivity (Wildman–Crippen MR) is 162 cm³/mol. The summed E-state index contributed by atoms with van der Waals surface area (Å²) in [5.41, 5.74) is 3.96. The summed E-state index contributed by atoms with van der Waals surface area (Å²) in [4.78, 5) is 1.10. The average Bonchev–Trinajstić information content (AvgIpc) is 3.05. The zero-order valence-corrected chi connectivity index (χ0v) is 24.7. The molecule has 218 valence electrons. The lowest BCUT2D eigenvalue weighted by Crippen LogP contribution is -2.62. The second-order valence-corrected chi connectivity index (χ2v) is 11.7. The van der Waals surface area contributed by atoms with E-state index in [0.29, 0.717) is 19.8 Å². The second kappa shape index (κ2) is 13.9. The van der Waals surface area contributed by atoms with Gasteiger partial charge in [-0.3, -0.25) is 0 Å². The lowest BCUT2D eigenvalue weighted by atomic mass is 9.98. The summed E-state index contributed by atoms with van der Waals surface area (Å²) in [5.74, 6) is 0.807. The third kappa shape index (κ3) is 7.06. The van der Waals surface area contributed by atoms with Crippen LogP contribution in [0.1, 0.15) is 28.5 Å². The van der Waals surface area contributed by atoms with Crippen LogP contribution in [0.2, 0.25) is 0 Å². The molecule has 7 heteroatoms. The lowest BCUT2D eigenvalue weighted by Gasteiger charge is -2.49. The number of fused-ring (bicyclic) bond motifs is 1. The van der Waals surface area contributed by atoms with E-state index in [4.69, 9.17) is 28.4 Å². The zero-order valence-electron chi connectivity index (χ0n) is 23.8. The zero-order chi connectivity index (χ0) is 28.7. The molecular formula is C35H36O6S. The SMILES string of the molecule is COc1ccc(CO[C@@H]2[C@H](OCc3ccccc3)[C@@H](Sc3ccc(C)cc3)O[C@@H]3CO[C@@H](c4ccccc4)O[C@@H]23)cc1. The molecule has 0 aromatic heterocycles. The normalized spacial score (nSPS) is 25.5. The number of hydrogen-bond donors (Lipinski definition) is 0. The first kappa shape index (κ1) is 28.9. The van der Waals surface area contributed by atoms with Crippen LogP contribution >= 0.6 is 11.8 Å². The molecule has 6 atom stereocenters. The molecule has 2 heterocycles. The first-order valence-corrected chi connectivity index (χ1v) is 15.1. The number of hydrogen-bond acceptors (Lipinski definition) is 7. The summed E-state index contributed by atoms with van der Waals surface area (Å²) in [7, 11) is 1.67. The molecule has 42 heavy (non-hydrogen) atoms. The summed E-state index contributed by atoms with van der Waals surface area (Å²) >= 11 is 1.64. The molecule has 0 N–H and O–H groups in total. The third-order valence-corrected chi connectivity index (χ3v) is 8.67. The maximum atomic E-state index is 6.74. The number of benzene rings is 4. The fraction of sp³-hybridized carbons (Fsp3) is 0.314. The molecular weight excluding hydrogens is 548 g/mol. The summed E-state index contributed by atoms with van der Waals surface area (Å²) in [6, 6.07) is 36.6. The standard InChI is InChI=1S/C35H36O6S/c1-24-13-19-29(20-14-24)42-35-33(38-21-25-9-5-3-6-10-25)32(37-22-26-15-17-28(36-2)18-16-26)31-30(40-35)23-39-34(41-31)27-11-7-4-8-12-27/h3-20,30-35H,21-23H2,1-2H3/t30-,31-,32+,33+,34-,35-/m1/s1. The van der Waals surface area contributed by atoms with Crippen LogP contribution in [-0.2, 0) is 36.9 Å². The van der Waals surface area contributed by atoms with Gasteiger partial charge in [-0.1, -0.05) is 102 Å². The lowest BCUT2D eigenvalue weighted by molar-refractivity contribution is -0.329. The minimum absolute atomic E-state index is 0.314. The van der Waals surface area contributed by atoms with Crippen molar-refractivity contribution in [3.63, 3.8) is 0 Å². The van der Waals surface area contributed by atoms with Crippen molar-refractivity contribution in [1.29, 1.82) is 0 Å².